The predicted molar refractivity (Wildman–Crippen MR) is 147 cm³/mol. The van der Waals surface area contributed by atoms with Crippen LogP contribution < -0.4 is 24.7 Å². The molecule has 3 heterocycles. The van der Waals surface area contributed by atoms with E-state index in [2.05, 4.69) is 36.4 Å². The van der Waals surface area contributed by atoms with Crippen LogP contribution in [0, 0.1) is 11.3 Å². The third kappa shape index (κ3) is 6.11. The monoisotopic (exact) mass is 512 g/mol. The van der Waals surface area contributed by atoms with E-state index in [1.807, 2.05) is 43.3 Å². The van der Waals surface area contributed by atoms with Crippen molar-refractivity contribution in [2.24, 2.45) is 5.10 Å². The van der Waals surface area contributed by atoms with Crippen LogP contribution in [0.5, 0.6) is 11.5 Å². The SMILES string of the molecule is CCOc1cc(C=NNc2nc(N3CCCC3)nc(N3CCCC3)n2)ccc1OCc1ccccc1C#N. The summed E-state index contributed by atoms with van der Waals surface area (Å²) in [7, 11) is 0. The van der Waals surface area contributed by atoms with Gasteiger partial charge in [-0.1, -0.05) is 18.2 Å². The van der Waals surface area contributed by atoms with E-state index in [-0.39, 0.29) is 6.61 Å². The summed E-state index contributed by atoms with van der Waals surface area (Å²) in [5.74, 6) is 3.05. The minimum absolute atomic E-state index is 0.275. The average molecular weight is 513 g/mol. The molecule has 0 aliphatic carbocycles. The van der Waals surface area contributed by atoms with Crippen molar-refractivity contribution in [1.82, 2.24) is 15.0 Å². The molecule has 2 fully saturated rings. The van der Waals surface area contributed by atoms with Gasteiger partial charge in [-0.25, -0.2) is 5.43 Å². The number of hydrogen-bond acceptors (Lipinski definition) is 10. The highest BCUT2D eigenvalue weighted by atomic mass is 16.5. The first kappa shape index (κ1) is 25.3. The molecule has 2 saturated heterocycles. The Hall–Kier alpha value is -4.39. The van der Waals surface area contributed by atoms with Crippen molar-refractivity contribution in [1.29, 1.82) is 5.26 Å². The fourth-order valence-electron chi connectivity index (χ4n) is 4.59. The number of anilines is 3. The number of nitriles is 1. The standard InChI is InChI=1S/C28H32N8O2/c1-2-37-25-17-21(11-12-24(25)38-20-23-10-4-3-9-22(23)18-29)19-30-34-26-31-27(35-13-5-6-14-35)33-28(32-26)36-15-7-8-16-36/h3-4,9-12,17,19H,2,5-8,13-16,20H2,1H3,(H,31,32,33,34). The van der Waals surface area contributed by atoms with Crippen molar-refractivity contribution in [3.8, 4) is 17.6 Å². The lowest BCUT2D eigenvalue weighted by Crippen LogP contribution is -2.25. The molecular weight excluding hydrogens is 480 g/mol. The highest BCUT2D eigenvalue weighted by molar-refractivity contribution is 5.81. The second-order valence-electron chi connectivity index (χ2n) is 9.21. The van der Waals surface area contributed by atoms with Gasteiger partial charge in [0.1, 0.15) is 6.61 Å². The maximum atomic E-state index is 9.33. The fraction of sp³-hybridized carbons (Fsp3) is 0.393. The van der Waals surface area contributed by atoms with E-state index in [9.17, 15) is 5.26 Å². The van der Waals surface area contributed by atoms with Gasteiger partial charge in [0.25, 0.3) is 0 Å². The van der Waals surface area contributed by atoms with Crippen molar-refractivity contribution < 1.29 is 9.47 Å². The molecule has 3 aromatic rings. The average Bonchev–Trinajstić information content (AvgIpc) is 3.68. The summed E-state index contributed by atoms with van der Waals surface area (Å²) in [6.07, 6.45) is 6.31. The molecule has 10 heteroatoms. The van der Waals surface area contributed by atoms with E-state index in [1.54, 1.807) is 12.3 Å². The first-order valence-electron chi connectivity index (χ1n) is 13.2. The van der Waals surface area contributed by atoms with E-state index in [0.29, 0.717) is 41.5 Å². The number of aromatic nitrogens is 3. The van der Waals surface area contributed by atoms with Gasteiger partial charge in [0, 0.05) is 31.7 Å². The number of benzene rings is 2. The zero-order chi connectivity index (χ0) is 26.2. The van der Waals surface area contributed by atoms with E-state index >= 15 is 0 Å². The maximum absolute atomic E-state index is 9.33. The first-order valence-corrected chi connectivity index (χ1v) is 13.2. The molecule has 0 bridgehead atoms. The highest BCUT2D eigenvalue weighted by Gasteiger charge is 2.21. The van der Waals surface area contributed by atoms with Crippen LogP contribution in [0.25, 0.3) is 0 Å². The van der Waals surface area contributed by atoms with Gasteiger partial charge in [0.05, 0.1) is 24.5 Å². The van der Waals surface area contributed by atoms with Gasteiger partial charge in [-0.3, -0.25) is 0 Å². The lowest BCUT2D eigenvalue weighted by molar-refractivity contribution is 0.269. The molecule has 0 saturated carbocycles. The predicted octanol–water partition coefficient (Wildman–Crippen LogP) is 4.37. The molecule has 196 valence electrons. The molecule has 38 heavy (non-hydrogen) atoms. The van der Waals surface area contributed by atoms with Crippen molar-refractivity contribution in [3.05, 3.63) is 59.2 Å². The zero-order valence-corrected chi connectivity index (χ0v) is 21.6. The number of rotatable bonds is 10. The van der Waals surface area contributed by atoms with E-state index < -0.39 is 0 Å². The second kappa shape index (κ2) is 12.2. The molecule has 5 rings (SSSR count). The molecule has 1 N–H and O–H groups in total. The Labute approximate surface area is 222 Å². The van der Waals surface area contributed by atoms with Crippen molar-refractivity contribution >= 4 is 24.1 Å². The maximum Gasteiger partial charge on any atom is 0.250 e. The summed E-state index contributed by atoms with van der Waals surface area (Å²) in [5, 5.41) is 13.7. The lowest BCUT2D eigenvalue weighted by Gasteiger charge is -2.20. The number of nitrogens with zero attached hydrogens (tertiary/aromatic N) is 7. The number of hydrazone groups is 1. The smallest absolute Gasteiger partial charge is 0.250 e. The Balaban J connectivity index is 1.30. The minimum atomic E-state index is 0.275. The van der Waals surface area contributed by atoms with Crippen molar-refractivity contribution in [3.63, 3.8) is 0 Å². The van der Waals surface area contributed by atoms with Crippen molar-refractivity contribution in [2.45, 2.75) is 39.2 Å². The molecular formula is C28H32N8O2. The number of nitrogens with one attached hydrogen (secondary N) is 1. The van der Waals surface area contributed by atoms with Crippen LogP contribution in [0.3, 0.4) is 0 Å². The summed E-state index contributed by atoms with van der Waals surface area (Å²) in [6.45, 7) is 6.54. The quantitative estimate of drug-likeness (QED) is 0.313. The highest BCUT2D eigenvalue weighted by Crippen LogP contribution is 2.29. The number of ether oxygens (including phenoxy) is 2. The zero-order valence-electron chi connectivity index (χ0n) is 21.6. The van der Waals surface area contributed by atoms with Crippen LogP contribution in [0.1, 0.15) is 49.3 Å². The Morgan fingerprint density at radius 3 is 2.26 bits per heavy atom. The molecule has 2 aromatic carbocycles. The molecule has 10 nitrogen and oxygen atoms in total. The van der Waals surface area contributed by atoms with Gasteiger partial charge in [-0.2, -0.15) is 25.3 Å². The summed E-state index contributed by atoms with van der Waals surface area (Å²) in [5.41, 5.74) is 5.25. The van der Waals surface area contributed by atoms with Crippen molar-refractivity contribution in [2.75, 3.05) is 48.0 Å². The fourth-order valence-corrected chi connectivity index (χ4v) is 4.59. The van der Waals surface area contributed by atoms with Gasteiger partial charge in [-0.15, -0.1) is 0 Å². The van der Waals surface area contributed by atoms with Crippen LogP contribution in [-0.4, -0.2) is 54.0 Å². The second-order valence-corrected chi connectivity index (χ2v) is 9.21. The Morgan fingerprint density at radius 2 is 1.61 bits per heavy atom. The van der Waals surface area contributed by atoms with Gasteiger partial charge in [0.2, 0.25) is 17.8 Å². The van der Waals surface area contributed by atoms with Crippen LogP contribution in [0.2, 0.25) is 0 Å². The summed E-state index contributed by atoms with van der Waals surface area (Å²) >= 11 is 0. The topological polar surface area (TPSA) is 112 Å². The van der Waals surface area contributed by atoms with Crippen LogP contribution in [-0.2, 0) is 6.61 Å². The third-order valence-electron chi connectivity index (χ3n) is 6.56. The lowest BCUT2D eigenvalue weighted by atomic mass is 10.1. The summed E-state index contributed by atoms with van der Waals surface area (Å²) in [6, 6.07) is 15.2. The van der Waals surface area contributed by atoms with Gasteiger partial charge >= 0.3 is 0 Å². The summed E-state index contributed by atoms with van der Waals surface area (Å²) in [4.78, 5) is 18.4. The van der Waals surface area contributed by atoms with Gasteiger partial charge in [0.15, 0.2) is 11.5 Å². The van der Waals surface area contributed by atoms with E-state index in [4.69, 9.17) is 14.5 Å². The summed E-state index contributed by atoms with van der Waals surface area (Å²) < 4.78 is 11.8. The normalized spacial score (nSPS) is 15.2. The molecule has 2 aliphatic heterocycles. The van der Waals surface area contributed by atoms with Crippen LogP contribution in [0.4, 0.5) is 17.8 Å². The molecule has 0 radical (unpaired) electrons. The number of hydrogen-bond donors (Lipinski definition) is 1. The molecule has 0 atom stereocenters. The van der Waals surface area contributed by atoms with Gasteiger partial charge < -0.3 is 19.3 Å². The molecule has 0 unspecified atom stereocenters. The molecule has 2 aliphatic rings. The Kier molecular flexibility index (Phi) is 8.13. The van der Waals surface area contributed by atoms with E-state index in [0.717, 1.165) is 63.0 Å². The molecule has 1 aromatic heterocycles. The third-order valence-corrected chi connectivity index (χ3v) is 6.56. The molecule has 0 spiro atoms. The Morgan fingerprint density at radius 1 is 0.921 bits per heavy atom. The first-order chi connectivity index (χ1) is 18.7. The minimum Gasteiger partial charge on any atom is -0.490 e. The van der Waals surface area contributed by atoms with Gasteiger partial charge in [-0.05, 0) is 62.4 Å². The largest absolute Gasteiger partial charge is 0.490 e. The van der Waals surface area contributed by atoms with E-state index in [1.165, 1.54) is 0 Å². The van der Waals surface area contributed by atoms with Crippen LogP contribution >= 0.6 is 0 Å². The van der Waals surface area contributed by atoms with Crippen LogP contribution in [0.15, 0.2) is 47.6 Å². The Bertz CT molecular complexity index is 1280. The molecule has 0 amide bonds.